The molecule has 1 aliphatic rings. The Morgan fingerprint density at radius 2 is 1.76 bits per heavy atom. The Hall–Kier alpha value is -1.10. The molecule has 0 amide bonds. The highest BCUT2D eigenvalue weighted by Crippen LogP contribution is 2.42. The summed E-state index contributed by atoms with van der Waals surface area (Å²) in [4.78, 5) is 0. The van der Waals surface area contributed by atoms with Gasteiger partial charge in [-0.25, -0.2) is 0 Å². The largest absolute Gasteiger partial charge is 0.394 e. The van der Waals surface area contributed by atoms with E-state index in [1.165, 1.54) is 0 Å². The van der Waals surface area contributed by atoms with Crippen LogP contribution in [0.2, 0.25) is 10.0 Å². The lowest BCUT2D eigenvalue weighted by molar-refractivity contribution is -0.0739. The molecule has 3 atom stereocenters. The lowest BCUT2D eigenvalue weighted by Gasteiger charge is -2.16. The fourth-order valence-corrected chi connectivity index (χ4v) is 2.91. The standard InChI is InChI=1S/C16H14Cl2O3/c17-11-6-7-12(13(18)8-11)15-14(9-19)20-16(21-15)10-4-2-1-3-5-10/h1-8,14-16,19H,9H2/t14-,15-,16+/m0/s1. The second kappa shape index (κ2) is 6.34. The lowest BCUT2D eigenvalue weighted by Crippen LogP contribution is -2.19. The zero-order valence-corrected chi connectivity index (χ0v) is 12.6. The maximum atomic E-state index is 9.53. The summed E-state index contributed by atoms with van der Waals surface area (Å²) in [7, 11) is 0. The van der Waals surface area contributed by atoms with Gasteiger partial charge in [-0.3, -0.25) is 0 Å². The third-order valence-corrected chi connectivity index (χ3v) is 3.99. The summed E-state index contributed by atoms with van der Waals surface area (Å²) in [5, 5.41) is 10.6. The van der Waals surface area contributed by atoms with E-state index < -0.39 is 18.5 Å². The maximum Gasteiger partial charge on any atom is 0.185 e. The van der Waals surface area contributed by atoms with E-state index in [0.29, 0.717) is 10.0 Å². The number of halogens is 2. The molecular weight excluding hydrogens is 311 g/mol. The molecule has 110 valence electrons. The quantitative estimate of drug-likeness (QED) is 0.922. The van der Waals surface area contributed by atoms with Crippen LogP contribution in [-0.4, -0.2) is 17.8 Å². The molecule has 5 heteroatoms. The van der Waals surface area contributed by atoms with Crippen LogP contribution in [0.5, 0.6) is 0 Å². The van der Waals surface area contributed by atoms with Gasteiger partial charge < -0.3 is 14.6 Å². The third-order valence-electron chi connectivity index (χ3n) is 3.43. The van der Waals surface area contributed by atoms with Crippen molar-refractivity contribution in [2.75, 3.05) is 6.61 Å². The first-order valence-corrected chi connectivity index (χ1v) is 7.36. The summed E-state index contributed by atoms with van der Waals surface area (Å²) in [6.45, 7) is -0.146. The van der Waals surface area contributed by atoms with E-state index in [-0.39, 0.29) is 6.61 Å². The van der Waals surface area contributed by atoms with Crippen molar-refractivity contribution < 1.29 is 14.6 Å². The Morgan fingerprint density at radius 3 is 2.43 bits per heavy atom. The zero-order valence-electron chi connectivity index (χ0n) is 11.1. The van der Waals surface area contributed by atoms with Gasteiger partial charge in [0.05, 0.1) is 6.61 Å². The molecule has 2 aromatic carbocycles. The second-order valence-corrected chi connectivity index (χ2v) is 5.67. The molecular formula is C16H14Cl2O3. The number of aliphatic hydroxyl groups is 1. The minimum absolute atomic E-state index is 0.146. The van der Waals surface area contributed by atoms with E-state index in [4.69, 9.17) is 32.7 Å². The van der Waals surface area contributed by atoms with Gasteiger partial charge in [0.15, 0.2) is 6.29 Å². The van der Waals surface area contributed by atoms with Crippen LogP contribution in [0, 0.1) is 0 Å². The maximum absolute atomic E-state index is 9.53. The Kier molecular flexibility index (Phi) is 4.48. The predicted molar refractivity (Wildman–Crippen MR) is 81.4 cm³/mol. The average molecular weight is 325 g/mol. The summed E-state index contributed by atoms with van der Waals surface area (Å²) in [6.07, 6.45) is -1.40. The monoisotopic (exact) mass is 324 g/mol. The predicted octanol–water partition coefficient (Wildman–Crippen LogP) is 4.14. The summed E-state index contributed by atoms with van der Waals surface area (Å²) in [5.41, 5.74) is 1.67. The Bertz CT molecular complexity index is 618. The highest BCUT2D eigenvalue weighted by atomic mass is 35.5. The van der Waals surface area contributed by atoms with E-state index in [2.05, 4.69) is 0 Å². The summed E-state index contributed by atoms with van der Waals surface area (Å²) < 4.78 is 11.7. The molecule has 0 aliphatic carbocycles. The van der Waals surface area contributed by atoms with Crippen LogP contribution in [0.4, 0.5) is 0 Å². The van der Waals surface area contributed by atoms with Gasteiger partial charge in [-0.1, -0.05) is 59.6 Å². The fourth-order valence-electron chi connectivity index (χ4n) is 2.39. The van der Waals surface area contributed by atoms with Crippen LogP contribution in [0.15, 0.2) is 48.5 Å². The van der Waals surface area contributed by atoms with Crippen molar-refractivity contribution in [2.45, 2.75) is 18.5 Å². The van der Waals surface area contributed by atoms with Crippen molar-refractivity contribution in [3.63, 3.8) is 0 Å². The fraction of sp³-hybridized carbons (Fsp3) is 0.250. The van der Waals surface area contributed by atoms with Gasteiger partial charge >= 0.3 is 0 Å². The molecule has 1 heterocycles. The Labute approximate surface area is 133 Å². The van der Waals surface area contributed by atoms with Crippen molar-refractivity contribution in [2.24, 2.45) is 0 Å². The molecule has 1 N–H and O–H groups in total. The highest BCUT2D eigenvalue weighted by Gasteiger charge is 2.38. The van der Waals surface area contributed by atoms with Crippen LogP contribution < -0.4 is 0 Å². The molecule has 1 aliphatic heterocycles. The van der Waals surface area contributed by atoms with Gasteiger partial charge in [0.25, 0.3) is 0 Å². The Morgan fingerprint density at radius 1 is 1.00 bits per heavy atom. The molecule has 3 rings (SSSR count). The molecule has 0 unspecified atom stereocenters. The van der Waals surface area contributed by atoms with Gasteiger partial charge in [-0.15, -0.1) is 0 Å². The number of aliphatic hydroxyl groups excluding tert-OH is 1. The van der Waals surface area contributed by atoms with Gasteiger partial charge in [0.2, 0.25) is 0 Å². The molecule has 1 saturated heterocycles. The van der Waals surface area contributed by atoms with Crippen molar-refractivity contribution in [3.8, 4) is 0 Å². The van der Waals surface area contributed by atoms with E-state index in [1.807, 2.05) is 30.3 Å². The minimum atomic E-state index is -0.514. The highest BCUT2D eigenvalue weighted by molar-refractivity contribution is 6.35. The average Bonchev–Trinajstić information content (AvgIpc) is 2.92. The van der Waals surface area contributed by atoms with Crippen molar-refractivity contribution >= 4 is 23.2 Å². The molecule has 0 bridgehead atoms. The van der Waals surface area contributed by atoms with Crippen LogP contribution >= 0.6 is 23.2 Å². The van der Waals surface area contributed by atoms with Gasteiger partial charge in [0.1, 0.15) is 12.2 Å². The third kappa shape index (κ3) is 3.07. The second-order valence-electron chi connectivity index (χ2n) is 4.82. The molecule has 0 saturated carbocycles. The molecule has 0 radical (unpaired) electrons. The molecule has 3 nitrogen and oxygen atoms in total. The molecule has 0 spiro atoms. The number of rotatable bonds is 3. The number of benzene rings is 2. The number of hydrogen-bond acceptors (Lipinski definition) is 3. The summed E-state index contributed by atoms with van der Waals surface area (Å²) in [6, 6.07) is 14.8. The zero-order chi connectivity index (χ0) is 14.8. The molecule has 0 aromatic heterocycles. The Balaban J connectivity index is 1.88. The molecule has 21 heavy (non-hydrogen) atoms. The SMILES string of the molecule is OC[C@@H]1O[C@@H](c2ccccc2)O[C@H]1c1ccc(Cl)cc1Cl. The van der Waals surface area contributed by atoms with Gasteiger partial charge in [-0.2, -0.15) is 0 Å². The topological polar surface area (TPSA) is 38.7 Å². The van der Waals surface area contributed by atoms with Gasteiger partial charge in [-0.05, 0) is 12.1 Å². The first-order chi connectivity index (χ1) is 10.2. The van der Waals surface area contributed by atoms with E-state index in [0.717, 1.165) is 11.1 Å². The minimum Gasteiger partial charge on any atom is -0.394 e. The van der Waals surface area contributed by atoms with E-state index >= 15 is 0 Å². The van der Waals surface area contributed by atoms with Crippen molar-refractivity contribution in [1.82, 2.24) is 0 Å². The van der Waals surface area contributed by atoms with Gasteiger partial charge in [0, 0.05) is 21.2 Å². The van der Waals surface area contributed by atoms with Crippen LogP contribution in [0.25, 0.3) is 0 Å². The van der Waals surface area contributed by atoms with Crippen molar-refractivity contribution in [1.29, 1.82) is 0 Å². The van der Waals surface area contributed by atoms with E-state index in [9.17, 15) is 5.11 Å². The molecule has 2 aromatic rings. The number of ether oxygens (including phenoxy) is 2. The van der Waals surface area contributed by atoms with Crippen molar-refractivity contribution in [3.05, 3.63) is 69.7 Å². The van der Waals surface area contributed by atoms with Crippen LogP contribution in [0.3, 0.4) is 0 Å². The first-order valence-electron chi connectivity index (χ1n) is 6.60. The molecule has 1 fully saturated rings. The lowest BCUT2D eigenvalue weighted by atomic mass is 10.1. The van der Waals surface area contributed by atoms with Crippen LogP contribution in [-0.2, 0) is 9.47 Å². The first kappa shape index (κ1) is 14.8. The smallest absolute Gasteiger partial charge is 0.185 e. The van der Waals surface area contributed by atoms with E-state index in [1.54, 1.807) is 18.2 Å². The van der Waals surface area contributed by atoms with Crippen LogP contribution in [0.1, 0.15) is 23.5 Å². The summed E-state index contributed by atoms with van der Waals surface area (Å²) >= 11 is 12.1. The normalized spacial score (nSPS) is 25.2. The summed E-state index contributed by atoms with van der Waals surface area (Å²) in [5.74, 6) is 0. The number of hydrogen-bond donors (Lipinski definition) is 1.